The van der Waals surface area contributed by atoms with E-state index in [1.54, 1.807) is 32.9 Å². The summed E-state index contributed by atoms with van der Waals surface area (Å²) in [6, 6.07) is 35.3. The van der Waals surface area contributed by atoms with Crippen LogP contribution in [0.4, 0.5) is 4.79 Å². The number of fused-ring (bicyclic) bond motifs is 2. The molecule has 2 aliphatic heterocycles. The van der Waals surface area contributed by atoms with Crippen LogP contribution in [-0.4, -0.2) is 62.0 Å². The number of amides is 3. The zero-order chi connectivity index (χ0) is 55.3. The number of halogens is 9. The van der Waals surface area contributed by atoms with Crippen molar-refractivity contribution < 1.29 is 29.0 Å². The fourth-order valence-corrected chi connectivity index (χ4v) is 13.1. The van der Waals surface area contributed by atoms with Crippen LogP contribution >= 0.6 is 117 Å². The average molecular weight is 1340 g/mol. The predicted molar refractivity (Wildman–Crippen MR) is 322 cm³/mol. The number of carbonyl (C=O) groups is 3. The summed E-state index contributed by atoms with van der Waals surface area (Å²) in [5, 5.41) is 16.6. The number of nitrogens with zero attached hydrogens (tertiary/aromatic N) is 1. The van der Waals surface area contributed by atoms with E-state index < -0.39 is 28.6 Å². The minimum atomic E-state index is -0.961. The number of likely N-dealkylation sites (tertiary alicyclic amines) is 1. The molecule has 5 aromatic rings. The Morgan fingerprint density at radius 2 is 1.14 bits per heavy atom. The molecule has 0 spiro atoms. The van der Waals surface area contributed by atoms with Crippen LogP contribution in [0.3, 0.4) is 0 Å². The Labute approximate surface area is 501 Å². The van der Waals surface area contributed by atoms with Crippen molar-refractivity contribution in [2.45, 2.75) is 95.4 Å². The predicted octanol–water partition coefficient (Wildman–Crippen LogP) is 17.2. The maximum absolute atomic E-state index is 14.5. The second-order valence-electron chi connectivity index (χ2n) is 20.3. The zero-order valence-electron chi connectivity index (χ0n) is 42.3. The van der Waals surface area contributed by atoms with Crippen LogP contribution in [0.15, 0.2) is 140 Å². The molecule has 4 aliphatic rings. The van der Waals surface area contributed by atoms with Gasteiger partial charge in [0.1, 0.15) is 5.60 Å². The number of allylic oxidation sites excluding steroid dienone is 2. The maximum atomic E-state index is 14.5. The van der Waals surface area contributed by atoms with Gasteiger partial charge in [-0.3, -0.25) is 9.59 Å². The molecule has 0 unspecified atom stereocenters. The van der Waals surface area contributed by atoms with Gasteiger partial charge in [0.25, 0.3) is 0 Å². The van der Waals surface area contributed by atoms with Gasteiger partial charge in [0, 0.05) is 65.6 Å². The minimum Gasteiger partial charge on any atom is -0.443 e. The van der Waals surface area contributed by atoms with Crippen molar-refractivity contribution in [1.82, 2.24) is 10.2 Å². The monoisotopic (exact) mass is 1340 g/mol. The van der Waals surface area contributed by atoms with E-state index in [1.807, 2.05) is 129 Å². The van der Waals surface area contributed by atoms with Gasteiger partial charge in [-0.05, 0) is 110 Å². The molecule has 76 heavy (non-hydrogen) atoms. The van der Waals surface area contributed by atoms with Crippen LogP contribution in [0.25, 0.3) is 0 Å². The van der Waals surface area contributed by atoms with E-state index in [0.717, 1.165) is 27.8 Å². The summed E-state index contributed by atoms with van der Waals surface area (Å²) < 4.78 is 12.4. The van der Waals surface area contributed by atoms with Gasteiger partial charge in [-0.15, -0.1) is 47.3 Å². The lowest BCUT2D eigenvalue weighted by Gasteiger charge is -2.44. The third-order valence-corrected chi connectivity index (χ3v) is 16.6. The standard InChI is InChI=1S/C35H36Cl3NO4.C23H22Cl3NO2.BBr3/c1-5-35-18-17-27(26-16-15-25(37)19-28(26)38)30(23-11-13-24(36)14-12-23)31(35)29(21-42-20-22-9-7-6-8-10-22)39(32(35)40)33(41)43-34(2,3)4;1-2-23-10-9-17(16-8-7-15(25)11-18(16)26)20(13-3-5-14(24)6-4-13)21(23)19(12-28)27-22(23)29;2-1(3)4/h6-19,27,29-31H,5,20-21H2,1-4H3;3-11,17,19-21,28H,2,12H2,1H3,(H,27,29);/t27-,29+,30-,31-,35+;17-,19+,20-,21-,23+;/m00./s1. The number of benzene rings is 5. The van der Waals surface area contributed by atoms with Crippen LogP contribution in [0.5, 0.6) is 0 Å². The SMILES string of the molecule is BrB(Br)Br.CC[C@@]12C=C[C@@H](c3ccc(Cl)cc3Cl)[C@H](c3ccc(Cl)cc3)[C@@H]1[C@@H](CO)NC2=O.CC[C@@]12C=C[C@@H](c3ccc(Cl)cc3Cl)[C@H](c3ccc(Cl)cc3)[C@@H]1[C@@H](COCc1ccccc1)N(C(=O)OC(C)(C)C)C2=O. The number of hydrogen-bond acceptors (Lipinski definition) is 6. The first kappa shape index (κ1) is 60.8. The molecule has 2 saturated heterocycles. The zero-order valence-corrected chi connectivity index (χ0v) is 51.6. The molecule has 2 fully saturated rings. The molecule has 5 aromatic carbocycles. The molecule has 0 radical (unpaired) electrons. The lowest BCUT2D eigenvalue weighted by Crippen LogP contribution is -2.46. The highest BCUT2D eigenvalue weighted by Crippen LogP contribution is 2.61. The molecule has 18 heteroatoms. The fourth-order valence-electron chi connectivity index (χ4n) is 11.8. The number of nitrogens with one attached hydrogen (secondary N) is 1. The van der Waals surface area contributed by atoms with Crippen LogP contribution in [0, 0.1) is 22.7 Å². The van der Waals surface area contributed by atoms with Gasteiger partial charge in [0.05, 0.1) is 42.7 Å². The second kappa shape index (κ2) is 26.2. The molecule has 9 rings (SSSR count). The first-order chi connectivity index (χ1) is 36.1. The molecule has 0 aromatic heterocycles. The normalized spacial score (nSPS) is 26.3. The molecule has 10 atom stereocenters. The van der Waals surface area contributed by atoms with Crippen molar-refractivity contribution in [2.75, 3.05) is 13.2 Å². The summed E-state index contributed by atoms with van der Waals surface area (Å²) in [4.78, 5) is 42.6. The maximum Gasteiger partial charge on any atom is 0.417 e. The van der Waals surface area contributed by atoms with Crippen LogP contribution < -0.4 is 5.32 Å². The molecule has 0 bridgehead atoms. The Balaban J connectivity index is 0.000000220. The molecular formula is C58H58BBr3Cl6N2O6. The van der Waals surface area contributed by atoms with E-state index in [2.05, 4.69) is 64.7 Å². The van der Waals surface area contributed by atoms with Gasteiger partial charge < -0.3 is 19.9 Å². The highest BCUT2D eigenvalue weighted by Gasteiger charge is 2.64. The molecular weight excluding hydrogens is 1280 g/mol. The van der Waals surface area contributed by atoms with Crippen molar-refractivity contribution in [1.29, 1.82) is 0 Å². The number of imide groups is 1. The number of aliphatic hydroxyl groups is 1. The summed E-state index contributed by atoms with van der Waals surface area (Å²) in [5.74, 6) is -1.36. The Kier molecular flexibility index (Phi) is 20.9. The number of ether oxygens (including phenoxy) is 2. The Morgan fingerprint density at radius 3 is 1.59 bits per heavy atom. The van der Waals surface area contributed by atoms with Crippen molar-refractivity contribution in [3.8, 4) is 0 Å². The molecule has 2 heterocycles. The minimum absolute atomic E-state index is 0.0279. The summed E-state index contributed by atoms with van der Waals surface area (Å²) in [6.45, 7) is 9.77. The van der Waals surface area contributed by atoms with Crippen LogP contribution in [0.2, 0.25) is 30.1 Å². The highest BCUT2D eigenvalue weighted by molar-refractivity contribution is 9.69. The lowest BCUT2D eigenvalue weighted by molar-refractivity contribution is -0.135. The number of aliphatic hydroxyl groups excluding tert-OH is 1. The summed E-state index contributed by atoms with van der Waals surface area (Å²) in [6.07, 6.45) is 8.63. The number of carbonyl (C=O) groups excluding carboxylic acids is 3. The van der Waals surface area contributed by atoms with E-state index in [1.165, 1.54) is 4.90 Å². The Bertz CT molecular complexity index is 2910. The third-order valence-electron chi connectivity index (χ3n) is 15.0. The summed E-state index contributed by atoms with van der Waals surface area (Å²) >= 11 is 47.6. The van der Waals surface area contributed by atoms with E-state index in [-0.39, 0.29) is 69.8 Å². The number of hydrogen-bond donors (Lipinski definition) is 2. The van der Waals surface area contributed by atoms with E-state index in [0.29, 0.717) is 49.6 Å². The summed E-state index contributed by atoms with van der Waals surface area (Å²) in [7, 11) is 0. The topological polar surface area (TPSA) is 105 Å². The van der Waals surface area contributed by atoms with Crippen molar-refractivity contribution in [3.05, 3.63) is 198 Å². The van der Waals surface area contributed by atoms with Gasteiger partial charge in [0.2, 0.25) is 11.8 Å². The van der Waals surface area contributed by atoms with Crippen LogP contribution in [0.1, 0.15) is 98.9 Å². The molecule has 402 valence electrons. The number of rotatable bonds is 11. The fraction of sp³-hybridized carbons (Fsp3) is 0.362. The van der Waals surface area contributed by atoms with Crippen molar-refractivity contribution in [2.24, 2.45) is 22.7 Å². The molecule has 3 amide bonds. The average Bonchev–Trinajstić information content (AvgIpc) is 3.97. The van der Waals surface area contributed by atoms with E-state index in [4.69, 9.17) is 79.1 Å². The largest absolute Gasteiger partial charge is 0.443 e. The van der Waals surface area contributed by atoms with Crippen molar-refractivity contribution in [3.63, 3.8) is 0 Å². The van der Waals surface area contributed by atoms with Gasteiger partial charge in [0.15, 0.2) is 0 Å². The van der Waals surface area contributed by atoms with Crippen molar-refractivity contribution >= 4 is 138 Å². The molecule has 8 nitrogen and oxygen atoms in total. The first-order valence-corrected chi connectivity index (χ1v) is 29.9. The second-order valence-corrected chi connectivity index (χ2v) is 29.3. The molecule has 2 aliphatic carbocycles. The molecule has 2 N–H and O–H groups in total. The van der Waals surface area contributed by atoms with Gasteiger partial charge >= 0.3 is 9.28 Å². The third kappa shape index (κ3) is 13.3. The lowest BCUT2D eigenvalue weighted by atomic mass is 9.57. The Morgan fingerprint density at radius 1 is 0.684 bits per heavy atom. The van der Waals surface area contributed by atoms with E-state index >= 15 is 0 Å². The quantitative estimate of drug-likeness (QED) is 0.101. The smallest absolute Gasteiger partial charge is 0.417 e. The highest BCUT2D eigenvalue weighted by atomic mass is 79.9. The first-order valence-electron chi connectivity index (χ1n) is 24.9. The summed E-state index contributed by atoms with van der Waals surface area (Å²) in [5.41, 5.74) is 2.48. The van der Waals surface area contributed by atoms with Gasteiger partial charge in [-0.2, -0.15) is 0 Å². The van der Waals surface area contributed by atoms with Gasteiger partial charge in [-0.1, -0.05) is 174 Å². The molecule has 0 saturated carbocycles. The van der Waals surface area contributed by atoms with Gasteiger partial charge in [-0.25, -0.2) is 9.69 Å². The van der Waals surface area contributed by atoms with Crippen LogP contribution in [-0.2, 0) is 25.7 Å². The van der Waals surface area contributed by atoms with E-state index in [9.17, 15) is 19.5 Å². The Hall–Kier alpha value is -2.85.